The predicted molar refractivity (Wildman–Crippen MR) is 433 cm³/mol. The minimum atomic E-state index is 0. The zero-order chi connectivity index (χ0) is 68.4. The zero-order valence-corrected chi connectivity index (χ0v) is 60.8. The maximum Gasteiger partial charge on any atom is 0.123 e. The van der Waals surface area contributed by atoms with Gasteiger partial charge in [0.25, 0.3) is 0 Å². The van der Waals surface area contributed by atoms with Gasteiger partial charge in [-0.15, -0.1) is 22.7 Å². The molecule has 11 heterocycles. The Bertz CT molecular complexity index is 3740. The normalized spacial score (nSPS) is 10.2. The highest BCUT2D eigenvalue weighted by Gasteiger charge is 2.09. The van der Waals surface area contributed by atoms with E-state index in [1.54, 1.807) is 28.9 Å². The summed E-state index contributed by atoms with van der Waals surface area (Å²) in [6, 6.07) is 53.7. The molecule has 0 saturated carbocycles. The molecule has 13 aromatic rings. The summed E-state index contributed by atoms with van der Waals surface area (Å²) in [7, 11) is 0. The molecule has 0 spiro atoms. The van der Waals surface area contributed by atoms with Crippen LogP contribution in [0.3, 0.4) is 0 Å². The molecule has 13 rings (SSSR count). The molecular formula is C87H119N9S2. The van der Waals surface area contributed by atoms with Gasteiger partial charge in [-0.3, -0.25) is 29.9 Å². The lowest BCUT2D eigenvalue weighted by Gasteiger charge is -2.08. The van der Waals surface area contributed by atoms with Gasteiger partial charge in [0, 0.05) is 90.2 Å². The van der Waals surface area contributed by atoms with Gasteiger partial charge >= 0.3 is 0 Å². The lowest BCUT2D eigenvalue weighted by Crippen LogP contribution is -1.90. The summed E-state index contributed by atoms with van der Waals surface area (Å²) in [5.74, 6) is 5.33. The maximum absolute atomic E-state index is 4.32. The molecule has 0 aliphatic rings. The first-order chi connectivity index (χ1) is 45.2. The lowest BCUT2D eigenvalue weighted by atomic mass is 9.99. The van der Waals surface area contributed by atoms with Crippen LogP contribution in [0.25, 0.3) is 36.9 Å². The number of benzene rings is 2. The smallest absolute Gasteiger partial charge is 0.123 e. The minimum absolute atomic E-state index is 0. The van der Waals surface area contributed by atoms with Crippen LogP contribution in [0.4, 0.5) is 0 Å². The van der Waals surface area contributed by atoms with Crippen molar-refractivity contribution in [2.45, 2.75) is 208 Å². The van der Waals surface area contributed by atoms with E-state index >= 15 is 0 Å². The Hall–Kier alpha value is -8.64. The summed E-state index contributed by atoms with van der Waals surface area (Å²) >= 11 is 3.49. The fraction of sp³-hybridized carbons (Fsp3) is 0.356. The molecule has 0 aliphatic heterocycles. The van der Waals surface area contributed by atoms with E-state index in [1.807, 2.05) is 145 Å². The van der Waals surface area contributed by atoms with E-state index in [1.165, 1.54) is 65.5 Å². The molecule has 0 saturated heterocycles. The van der Waals surface area contributed by atoms with Gasteiger partial charge in [0.1, 0.15) is 4.83 Å². The lowest BCUT2D eigenvalue weighted by molar-refractivity contribution is 0.823. The van der Waals surface area contributed by atoms with Crippen molar-refractivity contribution in [3.8, 4) is 0 Å². The summed E-state index contributed by atoms with van der Waals surface area (Å²) in [5.41, 5.74) is 15.5. The van der Waals surface area contributed by atoms with Crippen molar-refractivity contribution in [2.75, 3.05) is 0 Å². The second-order valence-corrected chi connectivity index (χ2v) is 27.3. The number of fused-ring (bicyclic) bond motifs is 4. The van der Waals surface area contributed by atoms with E-state index in [0.717, 1.165) is 21.6 Å². The summed E-state index contributed by atoms with van der Waals surface area (Å²) < 4.78 is 3.25. The fourth-order valence-electron chi connectivity index (χ4n) is 9.54. The van der Waals surface area contributed by atoms with Crippen LogP contribution in [-0.4, -0.2) is 44.5 Å². The van der Waals surface area contributed by atoms with Crippen LogP contribution in [0.2, 0.25) is 0 Å². The summed E-state index contributed by atoms with van der Waals surface area (Å²) in [6.45, 7) is 39.4. The standard InChI is InChI=1S/C12H13N.C10H12N2.2C10H11NS.C9H12.4C8H11N.4CH4/c1-9(2)10-7-8-13-12-6-4-3-5-11(10)12;1-8(2)9-7-11-12-6-4-3-5-10(9)12;1-7(2)8-3-5-11-9-4-6-12-10(8)9;1-7(2)8-3-5-11-10-9(8)4-6-12-10;1-8(2)9-6-4-3-5-7-9;2*1-7(2)8-3-5-9-6-4-8;1-7(2)8-4-3-5-9-6-8;1-7(2)8-5-3-4-6-9-8;;;;/h3-9H,1-2H3;3-8H,1-2H3;2*3-7H,1-2H3;3-8H,1-2H3;4*3-7H,1-2H3;4*1H4. The minimum Gasteiger partial charge on any atom is -0.265 e. The first-order valence-electron chi connectivity index (χ1n) is 33.2. The number of nitrogens with zero attached hydrogens (tertiary/aromatic N) is 9. The number of hydrogen-bond acceptors (Lipinski definition) is 10. The Kier molecular flexibility index (Phi) is 42.2. The van der Waals surface area contributed by atoms with Crippen molar-refractivity contribution in [3.05, 3.63) is 293 Å². The molecule has 0 atom stereocenters. The third kappa shape index (κ3) is 29.6. The first kappa shape index (κ1) is 87.4. The second-order valence-electron chi connectivity index (χ2n) is 25.5. The molecule has 11 heteroatoms. The maximum atomic E-state index is 4.32. The van der Waals surface area contributed by atoms with Crippen LogP contribution in [-0.2, 0) is 0 Å². The van der Waals surface area contributed by atoms with Gasteiger partial charge in [0.2, 0.25) is 0 Å². The average molecular weight is 1360 g/mol. The molecular weight excluding hydrogens is 1240 g/mol. The van der Waals surface area contributed by atoms with E-state index in [-0.39, 0.29) is 29.7 Å². The van der Waals surface area contributed by atoms with Crippen molar-refractivity contribution < 1.29 is 0 Å². The SMILES string of the molecule is C.C.C.C.CC(C)c1ccccc1.CC(C)c1ccccn1.CC(C)c1cccnc1.CC(C)c1ccnc2ccccc12.CC(C)c1ccnc2ccsc12.CC(C)c1ccnc2sccc12.CC(C)c1ccncc1.CC(C)c1ccncc1.CC(C)c1cnn2ccccc12. The summed E-state index contributed by atoms with van der Waals surface area (Å²) in [4.78, 5) is 30.1. The summed E-state index contributed by atoms with van der Waals surface area (Å²) in [5, 5.41) is 11.1. The van der Waals surface area contributed by atoms with Crippen molar-refractivity contribution in [1.82, 2.24) is 44.5 Å². The fourth-order valence-corrected chi connectivity index (χ4v) is 11.3. The van der Waals surface area contributed by atoms with E-state index in [9.17, 15) is 0 Å². The molecule has 0 aliphatic carbocycles. The van der Waals surface area contributed by atoms with Crippen LogP contribution in [0.5, 0.6) is 0 Å². The Morgan fingerprint density at radius 1 is 0.296 bits per heavy atom. The average Bonchev–Trinajstić information content (AvgIpc) is 1.58. The van der Waals surface area contributed by atoms with E-state index in [2.05, 4.69) is 260 Å². The molecule has 0 bridgehead atoms. The molecule has 9 nitrogen and oxygen atoms in total. The van der Waals surface area contributed by atoms with Gasteiger partial charge in [-0.05, 0) is 194 Å². The molecule has 11 aromatic heterocycles. The van der Waals surface area contributed by atoms with Crippen LogP contribution < -0.4 is 0 Å². The molecule has 524 valence electrons. The molecule has 0 fully saturated rings. The monoisotopic (exact) mass is 1350 g/mol. The molecule has 2 aromatic carbocycles. The summed E-state index contributed by atoms with van der Waals surface area (Å²) in [6.07, 6.45) is 22.4. The van der Waals surface area contributed by atoms with Crippen molar-refractivity contribution >= 4 is 59.5 Å². The first-order valence-corrected chi connectivity index (χ1v) is 35.0. The molecule has 98 heavy (non-hydrogen) atoms. The number of para-hydroxylation sites is 1. The highest BCUT2D eigenvalue weighted by Crippen LogP contribution is 2.29. The molecule has 0 radical (unpaired) electrons. The largest absolute Gasteiger partial charge is 0.265 e. The van der Waals surface area contributed by atoms with Gasteiger partial charge in [-0.1, -0.05) is 221 Å². The molecule has 0 N–H and O–H groups in total. The Labute approximate surface area is 600 Å². The van der Waals surface area contributed by atoms with E-state index in [4.69, 9.17) is 0 Å². The Morgan fingerprint density at radius 2 is 0.776 bits per heavy atom. The van der Waals surface area contributed by atoms with Crippen molar-refractivity contribution in [3.63, 3.8) is 0 Å². The second kappa shape index (κ2) is 47.3. The van der Waals surface area contributed by atoms with Gasteiger partial charge < -0.3 is 0 Å². The van der Waals surface area contributed by atoms with E-state index < -0.39 is 0 Å². The molecule has 0 amide bonds. The zero-order valence-electron chi connectivity index (χ0n) is 59.1. The van der Waals surface area contributed by atoms with Crippen LogP contribution in [0.15, 0.2) is 243 Å². The predicted octanol–water partition coefficient (Wildman–Crippen LogP) is 26.8. The number of aromatic nitrogens is 9. The van der Waals surface area contributed by atoms with Crippen LogP contribution in [0.1, 0.15) is 258 Å². The van der Waals surface area contributed by atoms with Crippen molar-refractivity contribution in [1.29, 1.82) is 0 Å². The van der Waals surface area contributed by atoms with Crippen LogP contribution >= 0.6 is 22.7 Å². The Balaban J connectivity index is 0.000000551. The van der Waals surface area contributed by atoms with Crippen molar-refractivity contribution in [2.24, 2.45) is 0 Å². The highest BCUT2D eigenvalue weighted by atomic mass is 32.1. The van der Waals surface area contributed by atoms with Gasteiger partial charge in [-0.25, -0.2) is 9.50 Å². The van der Waals surface area contributed by atoms with Gasteiger partial charge in [-0.2, -0.15) is 5.10 Å². The quantitative estimate of drug-likeness (QED) is 0.141. The number of thiophene rings is 2. The third-order valence-corrected chi connectivity index (χ3v) is 17.0. The van der Waals surface area contributed by atoms with Gasteiger partial charge in [0.05, 0.1) is 27.4 Å². The third-order valence-electron chi connectivity index (χ3n) is 15.2. The number of hydrogen-bond donors (Lipinski definition) is 0. The van der Waals surface area contributed by atoms with Crippen LogP contribution in [0, 0.1) is 0 Å². The highest BCUT2D eigenvalue weighted by molar-refractivity contribution is 7.17. The van der Waals surface area contributed by atoms with Gasteiger partial charge in [0.15, 0.2) is 0 Å². The Morgan fingerprint density at radius 3 is 1.26 bits per heavy atom. The molecule has 0 unspecified atom stereocenters. The van der Waals surface area contributed by atoms with E-state index in [0.29, 0.717) is 53.3 Å². The number of pyridine rings is 8. The topological polar surface area (TPSA) is 108 Å². The number of rotatable bonds is 9.